The summed E-state index contributed by atoms with van der Waals surface area (Å²) in [6, 6.07) is 13.9. The highest BCUT2D eigenvalue weighted by Gasteiger charge is 2.46. The number of anilines is 2. The summed E-state index contributed by atoms with van der Waals surface area (Å²) < 4.78 is 79.1. The molecule has 2 heterocycles. The summed E-state index contributed by atoms with van der Waals surface area (Å²) in [6.07, 6.45) is -3.40. The summed E-state index contributed by atoms with van der Waals surface area (Å²) in [4.78, 5) is 41.8. The van der Waals surface area contributed by atoms with Gasteiger partial charge >= 0.3 is 18.1 Å². The van der Waals surface area contributed by atoms with E-state index in [0.29, 0.717) is 22.6 Å². The highest BCUT2D eigenvalue weighted by molar-refractivity contribution is 7.92. The van der Waals surface area contributed by atoms with Gasteiger partial charge in [0.25, 0.3) is 0 Å². The van der Waals surface area contributed by atoms with Gasteiger partial charge in [0.15, 0.2) is 21.4 Å². The number of hydrogen-bond acceptors (Lipinski definition) is 9. The molecule has 1 amide bonds. The standard InChI is InChI=1S/C34H37FN4O6S.C2HF3O2/c1-5-45-28-18-22(9-12-27(28)35)29(38-23-10-11-24-21(17-23)13-15-37-32(24)36)33(40)39-16-14-26(34(41)42)30(39)25-8-6-7-20(4)31(25)46(43,44)19(2)3;3-2(4,5)1(6)7/h6-13,15,17-19,26,29-30,38H,5,14,16H2,1-4H3,(H2,36,37)(H,41,42);(H,6,7). The first-order valence-electron chi connectivity index (χ1n) is 16.3. The van der Waals surface area contributed by atoms with E-state index in [-0.39, 0.29) is 35.8 Å². The van der Waals surface area contributed by atoms with E-state index in [0.717, 1.165) is 10.8 Å². The Morgan fingerprint density at radius 2 is 1.75 bits per heavy atom. The lowest BCUT2D eigenvalue weighted by atomic mass is 9.92. The molecule has 0 bridgehead atoms. The highest BCUT2D eigenvalue weighted by atomic mass is 32.2. The lowest BCUT2D eigenvalue weighted by molar-refractivity contribution is -0.192. The second-order valence-electron chi connectivity index (χ2n) is 12.4. The number of amides is 1. The molecular formula is C36H38F4N4O8S. The molecule has 1 fully saturated rings. The average molecular weight is 763 g/mol. The second kappa shape index (κ2) is 16.1. The molecule has 3 aromatic carbocycles. The number of carboxylic acid groups (broad SMARTS) is 2. The Labute approximate surface area is 302 Å². The van der Waals surface area contributed by atoms with E-state index >= 15 is 0 Å². The Morgan fingerprint density at radius 3 is 2.36 bits per heavy atom. The number of nitrogens with zero attached hydrogens (tertiary/aromatic N) is 2. The molecule has 4 aromatic rings. The number of aromatic nitrogens is 1. The number of fused-ring (bicyclic) bond motifs is 1. The summed E-state index contributed by atoms with van der Waals surface area (Å²) in [5.74, 6) is -5.75. The van der Waals surface area contributed by atoms with Crippen LogP contribution in [0.3, 0.4) is 0 Å². The zero-order valence-corrected chi connectivity index (χ0v) is 29.8. The van der Waals surface area contributed by atoms with Crippen LogP contribution in [0, 0.1) is 18.7 Å². The number of benzene rings is 3. The van der Waals surface area contributed by atoms with Crippen molar-refractivity contribution in [3.8, 4) is 5.75 Å². The van der Waals surface area contributed by atoms with Crippen LogP contribution in [0.1, 0.15) is 56.0 Å². The van der Waals surface area contributed by atoms with Crippen LogP contribution >= 0.6 is 0 Å². The van der Waals surface area contributed by atoms with Crippen LogP contribution in [0.2, 0.25) is 0 Å². The first kappa shape index (κ1) is 40.3. The van der Waals surface area contributed by atoms with Crippen LogP contribution in [0.25, 0.3) is 10.8 Å². The summed E-state index contributed by atoms with van der Waals surface area (Å²) in [5, 5.41) is 21.4. The number of halogens is 4. The summed E-state index contributed by atoms with van der Waals surface area (Å²) in [6.45, 7) is 6.77. The fraction of sp³-hybridized carbons (Fsp3) is 0.333. The zero-order chi connectivity index (χ0) is 39.4. The van der Waals surface area contributed by atoms with E-state index in [4.69, 9.17) is 20.4 Å². The highest BCUT2D eigenvalue weighted by Crippen LogP contribution is 2.43. The number of rotatable bonds is 10. The first-order valence-corrected chi connectivity index (χ1v) is 17.8. The van der Waals surface area contributed by atoms with Gasteiger partial charge in [-0.2, -0.15) is 13.2 Å². The number of ether oxygens (including phenoxy) is 1. The van der Waals surface area contributed by atoms with Crippen molar-refractivity contribution in [3.63, 3.8) is 0 Å². The summed E-state index contributed by atoms with van der Waals surface area (Å²) in [7, 11) is -3.86. The summed E-state index contributed by atoms with van der Waals surface area (Å²) in [5.41, 5.74) is 7.68. The van der Waals surface area contributed by atoms with E-state index in [9.17, 15) is 40.7 Å². The number of carboxylic acids is 2. The molecule has 5 rings (SSSR count). The molecule has 12 nitrogen and oxygen atoms in total. The minimum atomic E-state index is -5.08. The van der Waals surface area contributed by atoms with E-state index in [1.165, 1.54) is 23.1 Å². The third kappa shape index (κ3) is 8.79. The topological polar surface area (TPSA) is 189 Å². The van der Waals surface area contributed by atoms with Crippen molar-refractivity contribution in [1.82, 2.24) is 9.88 Å². The van der Waals surface area contributed by atoms with Crippen LogP contribution in [0.4, 0.5) is 29.1 Å². The molecule has 284 valence electrons. The Kier molecular flexibility index (Phi) is 12.2. The number of aliphatic carboxylic acids is 2. The quantitative estimate of drug-likeness (QED) is 0.133. The Bertz CT molecular complexity index is 2130. The number of nitrogen functional groups attached to an aromatic ring is 1. The minimum absolute atomic E-state index is 0.0339. The molecule has 53 heavy (non-hydrogen) atoms. The molecule has 1 saturated heterocycles. The Balaban J connectivity index is 0.000000815. The molecule has 0 aliphatic carbocycles. The van der Waals surface area contributed by atoms with E-state index in [1.54, 1.807) is 76.4 Å². The lowest BCUT2D eigenvalue weighted by Crippen LogP contribution is -2.40. The maximum atomic E-state index is 14.7. The first-order chi connectivity index (χ1) is 24.8. The number of pyridine rings is 1. The fourth-order valence-electron chi connectivity index (χ4n) is 6.09. The fourth-order valence-corrected chi connectivity index (χ4v) is 7.60. The van der Waals surface area contributed by atoms with Crippen molar-refractivity contribution < 1.29 is 55.3 Å². The van der Waals surface area contributed by atoms with E-state index < -0.39 is 62.9 Å². The third-order valence-corrected chi connectivity index (χ3v) is 11.0. The number of likely N-dealkylation sites (tertiary alicyclic amines) is 1. The van der Waals surface area contributed by atoms with Gasteiger partial charge in [-0.25, -0.2) is 22.6 Å². The molecular weight excluding hydrogens is 724 g/mol. The predicted octanol–water partition coefficient (Wildman–Crippen LogP) is 6.31. The number of carbonyl (C=O) groups excluding carboxylic acids is 1. The number of nitrogens with one attached hydrogen (secondary N) is 1. The van der Waals surface area contributed by atoms with Gasteiger partial charge in [-0.15, -0.1) is 0 Å². The van der Waals surface area contributed by atoms with Gasteiger partial charge in [0.1, 0.15) is 11.9 Å². The number of alkyl halides is 3. The number of carbonyl (C=O) groups is 3. The van der Waals surface area contributed by atoms with Crippen molar-refractivity contribution in [2.24, 2.45) is 5.92 Å². The number of sulfone groups is 1. The van der Waals surface area contributed by atoms with Crippen molar-refractivity contribution >= 4 is 50.0 Å². The average Bonchev–Trinajstić information content (AvgIpc) is 3.53. The molecule has 0 saturated carbocycles. The van der Waals surface area contributed by atoms with Gasteiger partial charge in [0.05, 0.1) is 28.7 Å². The monoisotopic (exact) mass is 762 g/mol. The van der Waals surface area contributed by atoms with Crippen LogP contribution in [0.5, 0.6) is 5.75 Å². The van der Waals surface area contributed by atoms with Crippen molar-refractivity contribution in [3.05, 3.63) is 89.4 Å². The van der Waals surface area contributed by atoms with Crippen molar-refractivity contribution in [2.45, 2.75) is 62.5 Å². The van der Waals surface area contributed by atoms with Gasteiger partial charge < -0.3 is 30.9 Å². The van der Waals surface area contributed by atoms with E-state index in [1.807, 2.05) is 0 Å². The number of aryl methyl sites for hydroxylation is 1. The molecule has 3 atom stereocenters. The van der Waals surface area contributed by atoms with Crippen molar-refractivity contribution in [1.29, 1.82) is 0 Å². The van der Waals surface area contributed by atoms with Gasteiger partial charge in [0, 0.05) is 23.8 Å². The van der Waals surface area contributed by atoms with Crippen LogP contribution in [-0.4, -0.2) is 70.9 Å². The molecule has 0 spiro atoms. The second-order valence-corrected chi connectivity index (χ2v) is 14.9. The number of nitrogens with two attached hydrogens (primary N) is 1. The maximum Gasteiger partial charge on any atom is 0.490 e. The minimum Gasteiger partial charge on any atom is -0.491 e. The van der Waals surface area contributed by atoms with Gasteiger partial charge in [-0.1, -0.05) is 24.3 Å². The molecule has 1 aromatic heterocycles. The molecule has 0 radical (unpaired) electrons. The van der Waals surface area contributed by atoms with Crippen molar-refractivity contribution in [2.75, 3.05) is 24.2 Å². The normalized spacial score (nSPS) is 16.5. The largest absolute Gasteiger partial charge is 0.491 e. The van der Waals surface area contributed by atoms with Crippen LogP contribution in [-0.2, 0) is 24.2 Å². The third-order valence-electron chi connectivity index (χ3n) is 8.65. The van der Waals surface area contributed by atoms with E-state index in [2.05, 4.69) is 10.3 Å². The summed E-state index contributed by atoms with van der Waals surface area (Å²) >= 11 is 0. The zero-order valence-electron chi connectivity index (χ0n) is 29.0. The maximum absolute atomic E-state index is 14.7. The molecule has 17 heteroatoms. The molecule has 1 aliphatic rings. The van der Waals surface area contributed by atoms with Gasteiger partial charge in [0.2, 0.25) is 5.91 Å². The number of hydrogen-bond donors (Lipinski definition) is 4. The smallest absolute Gasteiger partial charge is 0.490 e. The SMILES string of the molecule is CCOc1cc(C(Nc2ccc3c(N)nccc3c2)C(=O)N2CCC(C(=O)O)C2c2cccc(C)c2S(=O)(=O)C(C)C)ccc1F.O=C(O)C(F)(F)F. The van der Waals surface area contributed by atoms with Crippen LogP contribution < -0.4 is 15.8 Å². The lowest BCUT2D eigenvalue weighted by Gasteiger charge is -2.33. The Hall–Kier alpha value is -5.45. The molecule has 1 aliphatic heterocycles. The Morgan fingerprint density at radius 1 is 1.08 bits per heavy atom. The molecule has 5 N–H and O–H groups in total. The van der Waals surface area contributed by atoms with Gasteiger partial charge in [-0.05, 0) is 92.6 Å². The predicted molar refractivity (Wildman–Crippen MR) is 187 cm³/mol. The van der Waals surface area contributed by atoms with Crippen LogP contribution in [0.15, 0.2) is 71.8 Å². The van der Waals surface area contributed by atoms with Gasteiger partial charge in [-0.3, -0.25) is 9.59 Å². The molecule has 3 unspecified atom stereocenters.